The lowest BCUT2D eigenvalue weighted by atomic mass is 10.1. The van der Waals surface area contributed by atoms with E-state index in [1.165, 1.54) is 19.3 Å². The molecule has 7 nitrogen and oxygen atoms in total. The van der Waals surface area contributed by atoms with Crippen molar-refractivity contribution in [1.29, 1.82) is 0 Å². The smallest absolute Gasteiger partial charge is 0.298 e. The maximum Gasteiger partial charge on any atom is 0.298 e. The first-order chi connectivity index (χ1) is 12.3. The number of nitrogens with one attached hydrogen (secondary N) is 1. The summed E-state index contributed by atoms with van der Waals surface area (Å²) in [4.78, 5) is 18.7. The zero-order valence-electron chi connectivity index (χ0n) is 14.7. The largest absolute Gasteiger partial charge is 0.443 e. The van der Waals surface area contributed by atoms with Gasteiger partial charge < -0.3 is 9.40 Å². The third-order valence-electron chi connectivity index (χ3n) is 4.13. The lowest BCUT2D eigenvalue weighted by Gasteiger charge is -2.16. The van der Waals surface area contributed by atoms with Crippen molar-refractivity contribution in [3.05, 3.63) is 64.2 Å². The van der Waals surface area contributed by atoms with Crippen LogP contribution in [0.4, 0.5) is 5.82 Å². The van der Waals surface area contributed by atoms with Crippen LogP contribution >= 0.6 is 0 Å². The number of pyridine rings is 2. The van der Waals surface area contributed by atoms with Crippen LogP contribution in [0.1, 0.15) is 18.2 Å². The molecule has 0 aliphatic heterocycles. The van der Waals surface area contributed by atoms with Gasteiger partial charge in [0.15, 0.2) is 0 Å². The highest BCUT2D eigenvalue weighted by atomic mass is 32.2. The number of aromatic amines is 1. The molecule has 0 amide bonds. The fraction of sp³-hybridized carbons (Fsp3) is 0.222. The molecule has 0 fully saturated rings. The number of hydrogen-bond donors (Lipinski definition) is 1. The number of sulfonamides is 1. The van der Waals surface area contributed by atoms with E-state index >= 15 is 0 Å². The molecule has 0 saturated carbocycles. The molecule has 3 heterocycles. The maximum absolute atomic E-state index is 12.8. The van der Waals surface area contributed by atoms with Crippen LogP contribution in [0.5, 0.6) is 0 Å². The predicted octanol–water partition coefficient (Wildman–Crippen LogP) is 2.73. The van der Waals surface area contributed by atoms with Gasteiger partial charge in [0.2, 0.25) is 5.09 Å². The molecule has 0 spiro atoms. The Morgan fingerprint density at radius 3 is 2.65 bits per heavy atom. The molecule has 0 unspecified atom stereocenters. The van der Waals surface area contributed by atoms with Crippen LogP contribution in [0, 0.1) is 6.92 Å². The molecule has 0 saturated heterocycles. The van der Waals surface area contributed by atoms with E-state index in [-0.39, 0.29) is 10.7 Å². The van der Waals surface area contributed by atoms with Crippen LogP contribution in [0.15, 0.2) is 56.9 Å². The summed E-state index contributed by atoms with van der Waals surface area (Å²) in [5.41, 5.74) is 1.73. The van der Waals surface area contributed by atoms with Crippen molar-refractivity contribution in [2.75, 3.05) is 11.4 Å². The second-order valence-electron chi connectivity index (χ2n) is 5.80. The Kier molecular flexibility index (Phi) is 4.69. The molecule has 0 aliphatic carbocycles. The Morgan fingerprint density at radius 1 is 1.23 bits per heavy atom. The molecule has 26 heavy (non-hydrogen) atoms. The van der Waals surface area contributed by atoms with Crippen molar-refractivity contribution in [2.24, 2.45) is 0 Å². The molecule has 0 atom stereocenters. The minimum absolute atomic E-state index is 0.150. The fourth-order valence-corrected chi connectivity index (χ4v) is 3.65. The molecule has 3 rings (SSSR count). The Labute approximate surface area is 151 Å². The number of nitrogens with zero attached hydrogens (tertiary/aromatic N) is 2. The zero-order valence-corrected chi connectivity index (χ0v) is 15.5. The Morgan fingerprint density at radius 2 is 2.00 bits per heavy atom. The number of anilines is 1. The van der Waals surface area contributed by atoms with Gasteiger partial charge in [0.1, 0.15) is 11.6 Å². The highest BCUT2D eigenvalue weighted by Gasteiger charge is 2.26. The van der Waals surface area contributed by atoms with Crippen molar-refractivity contribution in [3.63, 3.8) is 0 Å². The molecule has 0 aliphatic rings. The van der Waals surface area contributed by atoms with Crippen LogP contribution < -0.4 is 9.86 Å². The van der Waals surface area contributed by atoms with E-state index in [4.69, 9.17) is 4.42 Å². The van der Waals surface area contributed by atoms with Gasteiger partial charge >= 0.3 is 0 Å². The molecule has 3 aromatic heterocycles. The Bertz CT molecular complexity index is 1090. The van der Waals surface area contributed by atoms with Gasteiger partial charge in [0.25, 0.3) is 15.6 Å². The SMILES string of the molecule is CCc1cc(-c2ccc(S(=O)(=O)N(C)c3ccccn3)o2)c(C)[nH]c1=O. The summed E-state index contributed by atoms with van der Waals surface area (Å²) in [5, 5.41) is -0.190. The molecule has 0 radical (unpaired) electrons. The average molecular weight is 373 g/mol. The number of hydrogen-bond acceptors (Lipinski definition) is 5. The lowest BCUT2D eigenvalue weighted by molar-refractivity contribution is 0.460. The molecule has 3 aromatic rings. The van der Waals surface area contributed by atoms with Crippen molar-refractivity contribution in [1.82, 2.24) is 9.97 Å². The summed E-state index contributed by atoms with van der Waals surface area (Å²) in [7, 11) is -2.47. The van der Waals surface area contributed by atoms with E-state index in [2.05, 4.69) is 9.97 Å². The van der Waals surface area contributed by atoms with Gasteiger partial charge in [-0.05, 0) is 43.7 Å². The standard InChI is InChI=1S/C18H19N3O4S/c1-4-13-11-14(12(2)20-18(13)22)15-8-9-17(25-15)26(23,24)21(3)16-7-5-6-10-19-16/h5-11H,4H2,1-3H3,(H,20,22). The van der Waals surface area contributed by atoms with Crippen LogP contribution in [-0.2, 0) is 16.4 Å². The summed E-state index contributed by atoms with van der Waals surface area (Å²) >= 11 is 0. The first kappa shape index (κ1) is 17.9. The zero-order chi connectivity index (χ0) is 18.9. The Balaban J connectivity index is 2.01. The quantitative estimate of drug-likeness (QED) is 0.742. The molecule has 136 valence electrons. The number of rotatable bonds is 5. The van der Waals surface area contributed by atoms with Crippen molar-refractivity contribution in [3.8, 4) is 11.3 Å². The number of aryl methyl sites for hydroxylation is 2. The highest BCUT2D eigenvalue weighted by molar-refractivity contribution is 7.92. The monoisotopic (exact) mass is 373 g/mol. The van der Waals surface area contributed by atoms with Gasteiger partial charge in [0, 0.05) is 30.1 Å². The number of aromatic nitrogens is 2. The van der Waals surface area contributed by atoms with Crippen LogP contribution in [-0.4, -0.2) is 25.4 Å². The molecule has 8 heteroatoms. The van der Waals surface area contributed by atoms with Gasteiger partial charge in [-0.3, -0.25) is 9.10 Å². The van der Waals surface area contributed by atoms with Crippen molar-refractivity contribution >= 4 is 15.8 Å². The summed E-state index contributed by atoms with van der Waals surface area (Å²) in [6, 6.07) is 9.73. The fourth-order valence-electron chi connectivity index (χ4n) is 2.59. The van der Waals surface area contributed by atoms with E-state index in [1.807, 2.05) is 6.92 Å². The molecule has 0 aromatic carbocycles. The summed E-state index contributed by atoms with van der Waals surface area (Å²) in [5.74, 6) is 0.667. The van der Waals surface area contributed by atoms with Gasteiger partial charge in [-0.25, -0.2) is 4.98 Å². The summed E-state index contributed by atoms with van der Waals surface area (Å²) < 4.78 is 32.2. The van der Waals surface area contributed by atoms with Gasteiger partial charge in [0.05, 0.1) is 0 Å². The van der Waals surface area contributed by atoms with Crippen molar-refractivity contribution in [2.45, 2.75) is 25.4 Å². The molecule has 0 bridgehead atoms. The van der Waals surface area contributed by atoms with E-state index < -0.39 is 10.0 Å². The van der Waals surface area contributed by atoms with Crippen LogP contribution in [0.2, 0.25) is 0 Å². The maximum atomic E-state index is 12.8. The van der Waals surface area contributed by atoms with E-state index in [0.29, 0.717) is 34.8 Å². The summed E-state index contributed by atoms with van der Waals surface area (Å²) in [6.07, 6.45) is 2.09. The van der Waals surface area contributed by atoms with Crippen LogP contribution in [0.3, 0.4) is 0 Å². The minimum atomic E-state index is -3.88. The van der Waals surface area contributed by atoms with Gasteiger partial charge in [-0.2, -0.15) is 8.42 Å². The first-order valence-corrected chi connectivity index (χ1v) is 9.51. The van der Waals surface area contributed by atoms with Gasteiger partial charge in [-0.15, -0.1) is 0 Å². The predicted molar refractivity (Wildman–Crippen MR) is 98.7 cm³/mol. The molecule has 1 N–H and O–H groups in total. The average Bonchev–Trinajstić information content (AvgIpc) is 3.12. The number of H-pyrrole nitrogens is 1. The van der Waals surface area contributed by atoms with Gasteiger partial charge in [-0.1, -0.05) is 13.0 Å². The normalized spacial score (nSPS) is 11.5. The highest BCUT2D eigenvalue weighted by Crippen LogP contribution is 2.28. The van der Waals surface area contributed by atoms with Crippen LogP contribution in [0.25, 0.3) is 11.3 Å². The number of furan rings is 1. The molecular weight excluding hydrogens is 354 g/mol. The third-order valence-corrected chi connectivity index (χ3v) is 5.77. The minimum Gasteiger partial charge on any atom is -0.443 e. The molecular formula is C18H19N3O4S. The lowest BCUT2D eigenvalue weighted by Crippen LogP contribution is -2.26. The summed E-state index contributed by atoms with van der Waals surface area (Å²) in [6.45, 7) is 3.62. The van der Waals surface area contributed by atoms with E-state index in [0.717, 1.165) is 4.31 Å². The van der Waals surface area contributed by atoms with Crippen molar-refractivity contribution < 1.29 is 12.8 Å². The second-order valence-corrected chi connectivity index (χ2v) is 7.70. The van der Waals surface area contributed by atoms with E-state index in [1.54, 1.807) is 37.3 Å². The topological polar surface area (TPSA) is 96.3 Å². The van der Waals surface area contributed by atoms with E-state index in [9.17, 15) is 13.2 Å². The first-order valence-electron chi connectivity index (χ1n) is 8.07. The Hall–Kier alpha value is -2.87. The second kappa shape index (κ2) is 6.80. The third kappa shape index (κ3) is 3.15.